The number of carbonyl (C=O) groups excluding carboxylic acids is 1. The fourth-order valence-corrected chi connectivity index (χ4v) is 3.86. The molecule has 1 amide bonds. The summed E-state index contributed by atoms with van der Waals surface area (Å²) in [5.74, 6) is 2.61. The van der Waals surface area contributed by atoms with E-state index in [9.17, 15) is 14.9 Å². The highest BCUT2D eigenvalue weighted by atomic mass is 35.5. The molecule has 138 valence electrons. The van der Waals surface area contributed by atoms with Gasteiger partial charge in [0.2, 0.25) is 5.91 Å². The molecular formula is C18H19ClN2O3S2. The van der Waals surface area contributed by atoms with E-state index in [2.05, 4.69) is 5.32 Å². The van der Waals surface area contributed by atoms with Crippen LogP contribution in [-0.2, 0) is 16.3 Å². The van der Waals surface area contributed by atoms with E-state index in [-0.39, 0.29) is 11.6 Å². The molecule has 1 N–H and O–H groups in total. The zero-order chi connectivity index (χ0) is 18.8. The van der Waals surface area contributed by atoms with Crippen LogP contribution in [0.3, 0.4) is 0 Å². The highest BCUT2D eigenvalue weighted by Crippen LogP contribution is 2.18. The van der Waals surface area contributed by atoms with Crippen molar-refractivity contribution in [2.45, 2.75) is 11.5 Å². The van der Waals surface area contributed by atoms with Crippen molar-refractivity contribution in [1.29, 1.82) is 0 Å². The molecule has 0 aliphatic heterocycles. The second-order valence-corrected chi connectivity index (χ2v) is 7.98. The Balaban J connectivity index is 1.57. The van der Waals surface area contributed by atoms with E-state index in [4.69, 9.17) is 11.6 Å². The molecule has 0 aromatic heterocycles. The monoisotopic (exact) mass is 410 g/mol. The molecule has 0 bridgehead atoms. The first kappa shape index (κ1) is 20.6. The SMILES string of the molecule is O=C(CSCc1cccc([N+](=O)[O-])c1)NCCSCc1ccc(Cl)cc1. The van der Waals surface area contributed by atoms with Crippen LogP contribution in [-0.4, -0.2) is 28.9 Å². The van der Waals surface area contributed by atoms with Crippen molar-refractivity contribution >= 4 is 46.7 Å². The topological polar surface area (TPSA) is 72.2 Å². The van der Waals surface area contributed by atoms with Gasteiger partial charge in [0.15, 0.2) is 0 Å². The molecule has 0 aliphatic rings. The minimum atomic E-state index is -0.414. The summed E-state index contributed by atoms with van der Waals surface area (Å²) in [5, 5.41) is 14.4. The maximum absolute atomic E-state index is 11.8. The zero-order valence-electron chi connectivity index (χ0n) is 14.0. The van der Waals surface area contributed by atoms with Crippen LogP contribution in [0.25, 0.3) is 0 Å². The van der Waals surface area contributed by atoms with E-state index in [1.807, 2.05) is 30.3 Å². The predicted molar refractivity (Wildman–Crippen MR) is 110 cm³/mol. The summed E-state index contributed by atoms with van der Waals surface area (Å²) in [6, 6.07) is 14.2. The van der Waals surface area contributed by atoms with Gasteiger partial charge in [0, 0.05) is 41.0 Å². The fourth-order valence-electron chi connectivity index (χ4n) is 2.11. The first-order chi connectivity index (χ1) is 12.5. The van der Waals surface area contributed by atoms with Crippen molar-refractivity contribution in [3.63, 3.8) is 0 Å². The van der Waals surface area contributed by atoms with Gasteiger partial charge in [-0.15, -0.1) is 11.8 Å². The third-order valence-electron chi connectivity index (χ3n) is 3.37. The molecule has 2 rings (SSSR count). The predicted octanol–water partition coefficient (Wildman–Crippen LogP) is 4.53. The molecule has 0 aliphatic carbocycles. The first-order valence-electron chi connectivity index (χ1n) is 7.94. The molecule has 0 atom stereocenters. The number of carbonyl (C=O) groups is 1. The molecule has 8 heteroatoms. The van der Waals surface area contributed by atoms with Crippen molar-refractivity contribution in [3.8, 4) is 0 Å². The highest BCUT2D eigenvalue weighted by molar-refractivity contribution is 7.99. The fraction of sp³-hybridized carbons (Fsp3) is 0.278. The van der Waals surface area contributed by atoms with Gasteiger partial charge in [-0.2, -0.15) is 11.8 Å². The van der Waals surface area contributed by atoms with Crippen LogP contribution >= 0.6 is 35.1 Å². The number of amides is 1. The molecule has 0 saturated heterocycles. The number of thioether (sulfide) groups is 2. The van der Waals surface area contributed by atoms with E-state index in [1.54, 1.807) is 17.8 Å². The van der Waals surface area contributed by atoms with Crippen LogP contribution in [0.4, 0.5) is 5.69 Å². The van der Waals surface area contributed by atoms with Gasteiger partial charge in [0.05, 0.1) is 10.7 Å². The quantitative estimate of drug-likeness (QED) is 0.354. The van der Waals surface area contributed by atoms with E-state index in [0.29, 0.717) is 18.1 Å². The highest BCUT2D eigenvalue weighted by Gasteiger charge is 2.07. The summed E-state index contributed by atoms with van der Waals surface area (Å²) >= 11 is 9.04. The summed E-state index contributed by atoms with van der Waals surface area (Å²) in [6.07, 6.45) is 0. The summed E-state index contributed by atoms with van der Waals surface area (Å²) < 4.78 is 0. The molecule has 0 unspecified atom stereocenters. The van der Waals surface area contributed by atoms with Gasteiger partial charge in [-0.25, -0.2) is 0 Å². The summed E-state index contributed by atoms with van der Waals surface area (Å²) in [6.45, 7) is 0.620. The lowest BCUT2D eigenvalue weighted by Gasteiger charge is -2.06. The summed E-state index contributed by atoms with van der Waals surface area (Å²) in [5.41, 5.74) is 2.12. The van der Waals surface area contributed by atoms with Gasteiger partial charge in [-0.1, -0.05) is 35.9 Å². The molecule has 0 spiro atoms. The Morgan fingerprint density at radius 2 is 1.81 bits per heavy atom. The Labute approximate surface area is 166 Å². The number of hydrogen-bond donors (Lipinski definition) is 1. The number of nitrogens with zero attached hydrogens (tertiary/aromatic N) is 1. The second kappa shape index (κ2) is 11.1. The average molecular weight is 411 g/mol. The van der Waals surface area contributed by atoms with E-state index >= 15 is 0 Å². The maximum Gasteiger partial charge on any atom is 0.269 e. The number of hydrogen-bond acceptors (Lipinski definition) is 5. The number of halogens is 1. The van der Waals surface area contributed by atoms with Crippen molar-refractivity contribution < 1.29 is 9.72 Å². The minimum absolute atomic E-state index is 0.0208. The van der Waals surface area contributed by atoms with Crippen LogP contribution in [0.1, 0.15) is 11.1 Å². The molecule has 5 nitrogen and oxygen atoms in total. The number of nitro benzene ring substituents is 1. The van der Waals surface area contributed by atoms with Crippen LogP contribution in [0.15, 0.2) is 48.5 Å². The Morgan fingerprint density at radius 1 is 1.08 bits per heavy atom. The molecular weight excluding hydrogens is 392 g/mol. The third kappa shape index (κ3) is 7.68. The number of non-ortho nitro benzene ring substituents is 1. The zero-order valence-corrected chi connectivity index (χ0v) is 16.4. The minimum Gasteiger partial charge on any atom is -0.355 e. The largest absolute Gasteiger partial charge is 0.355 e. The van der Waals surface area contributed by atoms with Crippen molar-refractivity contribution in [1.82, 2.24) is 5.32 Å². The lowest BCUT2D eigenvalue weighted by molar-refractivity contribution is -0.384. The molecule has 0 heterocycles. The standard InChI is InChI=1S/C18H19ClN2O3S2/c19-16-6-4-14(5-7-16)11-25-9-8-20-18(22)13-26-12-15-2-1-3-17(10-15)21(23)24/h1-7,10H,8-9,11-13H2,(H,20,22). The summed E-state index contributed by atoms with van der Waals surface area (Å²) in [4.78, 5) is 22.1. The molecule has 2 aromatic carbocycles. The second-order valence-electron chi connectivity index (χ2n) is 5.45. The smallest absolute Gasteiger partial charge is 0.269 e. The van der Waals surface area contributed by atoms with Crippen LogP contribution in [0, 0.1) is 10.1 Å². The molecule has 2 aromatic rings. The Hall–Kier alpha value is -1.70. The number of nitro groups is 1. The lowest BCUT2D eigenvalue weighted by Crippen LogP contribution is -2.27. The van der Waals surface area contributed by atoms with Gasteiger partial charge in [-0.3, -0.25) is 14.9 Å². The van der Waals surface area contributed by atoms with Crippen LogP contribution in [0.2, 0.25) is 5.02 Å². The normalized spacial score (nSPS) is 10.5. The maximum atomic E-state index is 11.8. The molecule has 0 radical (unpaired) electrons. The Kier molecular flexibility index (Phi) is 8.80. The first-order valence-corrected chi connectivity index (χ1v) is 10.6. The van der Waals surface area contributed by atoms with Gasteiger partial charge >= 0.3 is 0 Å². The van der Waals surface area contributed by atoms with Crippen LogP contribution in [0.5, 0.6) is 0 Å². The van der Waals surface area contributed by atoms with E-state index in [0.717, 1.165) is 22.1 Å². The van der Waals surface area contributed by atoms with Crippen molar-refractivity contribution in [3.05, 3.63) is 74.8 Å². The van der Waals surface area contributed by atoms with Gasteiger partial charge in [0.25, 0.3) is 5.69 Å². The van der Waals surface area contributed by atoms with E-state index in [1.165, 1.54) is 29.5 Å². The Morgan fingerprint density at radius 3 is 2.54 bits per heavy atom. The molecule has 0 fully saturated rings. The molecule has 26 heavy (non-hydrogen) atoms. The van der Waals surface area contributed by atoms with Crippen LogP contribution < -0.4 is 5.32 Å². The number of nitrogens with one attached hydrogen (secondary N) is 1. The van der Waals surface area contributed by atoms with Gasteiger partial charge in [0.1, 0.15) is 0 Å². The third-order valence-corrected chi connectivity index (χ3v) is 5.66. The summed E-state index contributed by atoms with van der Waals surface area (Å²) in [7, 11) is 0. The van der Waals surface area contributed by atoms with Crippen molar-refractivity contribution in [2.24, 2.45) is 0 Å². The van der Waals surface area contributed by atoms with E-state index < -0.39 is 4.92 Å². The molecule has 0 saturated carbocycles. The number of benzene rings is 2. The van der Waals surface area contributed by atoms with Gasteiger partial charge in [-0.05, 0) is 23.3 Å². The lowest BCUT2D eigenvalue weighted by atomic mass is 10.2. The van der Waals surface area contributed by atoms with Gasteiger partial charge < -0.3 is 5.32 Å². The van der Waals surface area contributed by atoms with Crippen molar-refractivity contribution in [2.75, 3.05) is 18.1 Å². The number of rotatable bonds is 10. The Bertz CT molecular complexity index is 741. The average Bonchev–Trinajstić information content (AvgIpc) is 2.63.